The summed E-state index contributed by atoms with van der Waals surface area (Å²) in [4.78, 5) is 11.6. The maximum Gasteiger partial charge on any atom is 0.308 e. The molecule has 2 nitrogen and oxygen atoms in total. The molecule has 0 saturated heterocycles. The fourth-order valence-corrected chi connectivity index (χ4v) is 5.20. The maximum atomic E-state index is 11.6. The van der Waals surface area contributed by atoms with E-state index in [0.717, 1.165) is 12.3 Å². The van der Waals surface area contributed by atoms with Crippen molar-refractivity contribution in [2.24, 2.45) is 17.8 Å². The van der Waals surface area contributed by atoms with E-state index in [1.54, 1.807) is 0 Å². The summed E-state index contributed by atoms with van der Waals surface area (Å²) < 4.78 is 4.85. The lowest BCUT2D eigenvalue weighted by Crippen LogP contribution is -2.16. The zero-order valence-corrected chi connectivity index (χ0v) is 22.9. The molecule has 0 unspecified atom stereocenters. The van der Waals surface area contributed by atoms with E-state index in [2.05, 4.69) is 20.8 Å². The van der Waals surface area contributed by atoms with Gasteiger partial charge in [0.1, 0.15) is 0 Å². The van der Waals surface area contributed by atoms with Crippen molar-refractivity contribution >= 4 is 5.97 Å². The number of carbonyl (C=O) groups excluding carboxylic acids is 1. The van der Waals surface area contributed by atoms with Crippen molar-refractivity contribution in [3.8, 4) is 0 Å². The molecule has 0 radical (unpaired) electrons. The summed E-state index contributed by atoms with van der Waals surface area (Å²) in [6.45, 7) is 8.95. The number of methoxy groups -OCH3 is 1. The number of esters is 1. The van der Waals surface area contributed by atoms with Gasteiger partial charge in [0.15, 0.2) is 0 Å². The van der Waals surface area contributed by atoms with Gasteiger partial charge in [-0.05, 0) is 24.7 Å². The first-order chi connectivity index (χ1) is 15.5. The molecule has 0 heterocycles. The molecule has 0 fully saturated rings. The van der Waals surface area contributed by atoms with E-state index >= 15 is 0 Å². The van der Waals surface area contributed by atoms with Crippen LogP contribution in [0.15, 0.2) is 0 Å². The molecular formula is C30H60O2. The SMILES string of the molecule is CCCCCCCCCCCCCCCCCCCC[C@@H](C)C[C@@H](C)C[C@@H](C)C(=O)OC. The van der Waals surface area contributed by atoms with Gasteiger partial charge in [-0.25, -0.2) is 0 Å². The number of carbonyl (C=O) groups is 1. The molecule has 0 aliphatic carbocycles. The maximum absolute atomic E-state index is 11.6. The van der Waals surface area contributed by atoms with Gasteiger partial charge >= 0.3 is 5.97 Å². The number of unbranched alkanes of at least 4 members (excludes halogenated alkanes) is 17. The Kier molecular flexibility index (Phi) is 23.2. The standard InChI is InChI=1S/C30H60O2/c1-6-7-8-9-10-11-12-13-14-15-16-17-18-19-20-21-22-23-24-27(2)25-28(3)26-29(4)30(31)32-5/h27-29H,6-26H2,1-5H3/t27-,28-,29-/m1/s1. The normalized spacial score (nSPS) is 14.3. The highest BCUT2D eigenvalue weighted by atomic mass is 16.5. The number of hydrogen-bond acceptors (Lipinski definition) is 2. The number of rotatable bonds is 24. The second-order valence-electron chi connectivity index (χ2n) is 10.9. The Morgan fingerprint density at radius 2 is 0.938 bits per heavy atom. The molecule has 0 rings (SSSR count). The van der Waals surface area contributed by atoms with Crippen molar-refractivity contribution in [1.82, 2.24) is 0 Å². The summed E-state index contributed by atoms with van der Waals surface area (Å²) in [5, 5.41) is 0. The Bertz CT molecular complexity index is 392. The smallest absolute Gasteiger partial charge is 0.308 e. The molecule has 3 atom stereocenters. The van der Waals surface area contributed by atoms with Crippen LogP contribution in [0.1, 0.15) is 163 Å². The third kappa shape index (κ3) is 21.3. The van der Waals surface area contributed by atoms with Crippen LogP contribution in [0.4, 0.5) is 0 Å². The van der Waals surface area contributed by atoms with Crippen molar-refractivity contribution in [3.63, 3.8) is 0 Å². The van der Waals surface area contributed by atoms with E-state index in [-0.39, 0.29) is 11.9 Å². The lowest BCUT2D eigenvalue weighted by Gasteiger charge is -2.19. The zero-order valence-electron chi connectivity index (χ0n) is 22.9. The molecule has 0 amide bonds. The molecule has 2 heteroatoms. The van der Waals surface area contributed by atoms with Crippen LogP contribution in [0.2, 0.25) is 0 Å². The van der Waals surface area contributed by atoms with Crippen molar-refractivity contribution in [2.45, 2.75) is 163 Å². The molecule has 0 N–H and O–H groups in total. The largest absolute Gasteiger partial charge is 0.469 e. The zero-order chi connectivity index (χ0) is 23.9. The Morgan fingerprint density at radius 3 is 1.31 bits per heavy atom. The second kappa shape index (κ2) is 23.6. The average Bonchev–Trinajstić information content (AvgIpc) is 2.77. The van der Waals surface area contributed by atoms with Gasteiger partial charge < -0.3 is 4.74 Å². The molecule has 0 saturated carbocycles. The quantitative estimate of drug-likeness (QED) is 0.107. The Hall–Kier alpha value is -0.530. The van der Waals surface area contributed by atoms with Crippen molar-refractivity contribution in [1.29, 1.82) is 0 Å². The Morgan fingerprint density at radius 1 is 0.562 bits per heavy atom. The van der Waals surface area contributed by atoms with E-state index < -0.39 is 0 Å². The summed E-state index contributed by atoms with van der Waals surface area (Å²) in [5.41, 5.74) is 0. The van der Waals surface area contributed by atoms with Gasteiger partial charge in [-0.2, -0.15) is 0 Å². The molecule has 0 aromatic rings. The highest BCUT2D eigenvalue weighted by Gasteiger charge is 2.18. The van der Waals surface area contributed by atoms with Crippen LogP contribution >= 0.6 is 0 Å². The highest BCUT2D eigenvalue weighted by Crippen LogP contribution is 2.24. The predicted molar refractivity (Wildman–Crippen MR) is 142 cm³/mol. The predicted octanol–water partition coefficient (Wildman–Crippen LogP) is 10.3. The van der Waals surface area contributed by atoms with E-state index in [1.165, 1.54) is 136 Å². The van der Waals surface area contributed by atoms with E-state index in [4.69, 9.17) is 4.74 Å². The first-order valence-electron chi connectivity index (χ1n) is 14.6. The first kappa shape index (κ1) is 31.5. The monoisotopic (exact) mass is 452 g/mol. The molecule has 0 aliphatic heterocycles. The molecule has 0 spiro atoms. The Balaban J connectivity index is 3.31. The van der Waals surface area contributed by atoms with E-state index in [9.17, 15) is 4.79 Å². The number of hydrogen-bond donors (Lipinski definition) is 0. The van der Waals surface area contributed by atoms with Crippen molar-refractivity contribution in [2.75, 3.05) is 7.11 Å². The third-order valence-electron chi connectivity index (χ3n) is 7.21. The second-order valence-corrected chi connectivity index (χ2v) is 10.9. The van der Waals surface area contributed by atoms with Crippen LogP contribution in [0.5, 0.6) is 0 Å². The van der Waals surface area contributed by atoms with Crippen LogP contribution in [0.25, 0.3) is 0 Å². The van der Waals surface area contributed by atoms with Gasteiger partial charge in [0.25, 0.3) is 0 Å². The molecular weight excluding hydrogens is 392 g/mol. The van der Waals surface area contributed by atoms with E-state index in [1.807, 2.05) is 6.92 Å². The fourth-order valence-electron chi connectivity index (χ4n) is 5.20. The van der Waals surface area contributed by atoms with Gasteiger partial charge in [-0.1, -0.05) is 150 Å². The minimum atomic E-state index is -0.0620. The summed E-state index contributed by atoms with van der Waals surface area (Å²) in [6, 6.07) is 0. The van der Waals surface area contributed by atoms with Gasteiger partial charge in [-0.3, -0.25) is 4.79 Å². The summed E-state index contributed by atoms with van der Waals surface area (Å²) in [5.74, 6) is 1.35. The van der Waals surface area contributed by atoms with Gasteiger partial charge in [0.05, 0.1) is 13.0 Å². The van der Waals surface area contributed by atoms with Crippen LogP contribution in [-0.4, -0.2) is 13.1 Å². The summed E-state index contributed by atoms with van der Waals surface area (Å²) in [6.07, 6.45) is 29.5. The Labute approximate surface area is 203 Å². The van der Waals surface area contributed by atoms with Crippen LogP contribution in [0.3, 0.4) is 0 Å². The van der Waals surface area contributed by atoms with Crippen molar-refractivity contribution in [3.05, 3.63) is 0 Å². The minimum Gasteiger partial charge on any atom is -0.469 e. The lowest BCUT2D eigenvalue weighted by atomic mass is 9.87. The van der Waals surface area contributed by atoms with Crippen LogP contribution in [0, 0.1) is 17.8 Å². The molecule has 0 bridgehead atoms. The van der Waals surface area contributed by atoms with E-state index in [0.29, 0.717) is 5.92 Å². The molecule has 0 aromatic heterocycles. The van der Waals surface area contributed by atoms with Crippen LogP contribution in [-0.2, 0) is 9.53 Å². The first-order valence-corrected chi connectivity index (χ1v) is 14.6. The number of ether oxygens (including phenoxy) is 1. The third-order valence-corrected chi connectivity index (χ3v) is 7.21. The van der Waals surface area contributed by atoms with Crippen molar-refractivity contribution < 1.29 is 9.53 Å². The molecule has 32 heavy (non-hydrogen) atoms. The lowest BCUT2D eigenvalue weighted by molar-refractivity contribution is -0.145. The summed E-state index contributed by atoms with van der Waals surface area (Å²) in [7, 11) is 1.49. The minimum absolute atomic E-state index is 0.0345. The molecule has 0 aliphatic rings. The topological polar surface area (TPSA) is 26.3 Å². The average molecular weight is 453 g/mol. The molecule has 192 valence electrons. The fraction of sp³-hybridized carbons (Fsp3) is 0.967. The van der Waals surface area contributed by atoms with Gasteiger partial charge in [0.2, 0.25) is 0 Å². The molecule has 0 aromatic carbocycles. The van der Waals surface area contributed by atoms with Gasteiger partial charge in [0, 0.05) is 0 Å². The van der Waals surface area contributed by atoms with Crippen LogP contribution < -0.4 is 0 Å². The highest BCUT2D eigenvalue weighted by molar-refractivity contribution is 5.71. The van der Waals surface area contributed by atoms with Gasteiger partial charge in [-0.15, -0.1) is 0 Å². The summed E-state index contributed by atoms with van der Waals surface area (Å²) >= 11 is 0.